The molecule has 0 aliphatic rings. The lowest BCUT2D eigenvalue weighted by Gasteiger charge is -2.11. The molecule has 1 aromatic heterocycles. The van der Waals surface area contributed by atoms with Crippen LogP contribution >= 0.6 is 11.6 Å². The maximum Gasteiger partial charge on any atom is 0.232 e. The predicted molar refractivity (Wildman–Crippen MR) is 79.9 cm³/mol. The molecule has 0 saturated heterocycles. The second-order valence-corrected chi connectivity index (χ2v) is 5.22. The fraction of sp³-hybridized carbons (Fsp3) is 0.643. The Hall–Kier alpha value is -0.840. The van der Waals surface area contributed by atoms with E-state index in [4.69, 9.17) is 16.3 Å². The molecule has 1 rings (SSSR count). The molecule has 0 amide bonds. The first kappa shape index (κ1) is 16.2. The van der Waals surface area contributed by atoms with Gasteiger partial charge in [-0.2, -0.15) is 0 Å². The van der Waals surface area contributed by atoms with Gasteiger partial charge in [0.2, 0.25) is 5.88 Å². The topological polar surface area (TPSA) is 37.4 Å². The SMILES string of the molecule is CCCNCc1cnc(OCCCN(C)C)c(Cl)c1. The van der Waals surface area contributed by atoms with Crippen LogP contribution in [0.1, 0.15) is 25.3 Å². The molecule has 1 aromatic rings. The van der Waals surface area contributed by atoms with E-state index < -0.39 is 0 Å². The number of halogens is 1. The van der Waals surface area contributed by atoms with Crippen molar-refractivity contribution in [2.24, 2.45) is 0 Å². The molecule has 0 unspecified atom stereocenters. The van der Waals surface area contributed by atoms with Crippen molar-refractivity contribution in [3.05, 3.63) is 22.8 Å². The Kier molecular flexibility index (Phi) is 7.79. The van der Waals surface area contributed by atoms with Crippen molar-refractivity contribution in [3.63, 3.8) is 0 Å². The van der Waals surface area contributed by atoms with E-state index in [9.17, 15) is 0 Å². The second kappa shape index (κ2) is 9.13. The van der Waals surface area contributed by atoms with Crippen LogP contribution in [0.3, 0.4) is 0 Å². The molecule has 0 bridgehead atoms. The predicted octanol–water partition coefficient (Wildman–Crippen LogP) is 2.57. The first-order valence-corrected chi connectivity index (χ1v) is 7.14. The van der Waals surface area contributed by atoms with E-state index in [2.05, 4.69) is 22.1 Å². The molecule has 5 heteroatoms. The third-order valence-electron chi connectivity index (χ3n) is 2.61. The number of pyridine rings is 1. The van der Waals surface area contributed by atoms with Crippen molar-refractivity contribution < 1.29 is 4.74 Å². The quantitative estimate of drug-likeness (QED) is 0.708. The van der Waals surface area contributed by atoms with Gasteiger partial charge in [0.25, 0.3) is 0 Å². The van der Waals surface area contributed by atoms with Crippen molar-refractivity contribution in [3.8, 4) is 5.88 Å². The number of ether oxygens (including phenoxy) is 1. The average Bonchev–Trinajstić information content (AvgIpc) is 2.36. The first-order valence-electron chi connectivity index (χ1n) is 6.76. The lowest BCUT2D eigenvalue weighted by molar-refractivity contribution is 0.273. The molecule has 1 heterocycles. The summed E-state index contributed by atoms with van der Waals surface area (Å²) in [4.78, 5) is 6.39. The zero-order chi connectivity index (χ0) is 14.1. The van der Waals surface area contributed by atoms with E-state index in [1.54, 1.807) is 0 Å². The third-order valence-corrected chi connectivity index (χ3v) is 2.88. The minimum absolute atomic E-state index is 0.527. The number of hydrogen-bond acceptors (Lipinski definition) is 4. The molecule has 0 aliphatic carbocycles. The van der Waals surface area contributed by atoms with Crippen molar-refractivity contribution in [2.75, 3.05) is 33.8 Å². The van der Waals surface area contributed by atoms with Gasteiger partial charge in [-0.1, -0.05) is 18.5 Å². The highest BCUT2D eigenvalue weighted by Gasteiger charge is 2.05. The van der Waals surface area contributed by atoms with Crippen LogP contribution in [0.25, 0.3) is 0 Å². The van der Waals surface area contributed by atoms with E-state index in [1.807, 2.05) is 26.4 Å². The molecule has 19 heavy (non-hydrogen) atoms. The van der Waals surface area contributed by atoms with Crippen LogP contribution < -0.4 is 10.1 Å². The first-order chi connectivity index (χ1) is 9.13. The highest BCUT2D eigenvalue weighted by molar-refractivity contribution is 6.31. The van der Waals surface area contributed by atoms with E-state index in [0.717, 1.165) is 38.0 Å². The van der Waals surface area contributed by atoms with Gasteiger partial charge in [0.05, 0.1) is 6.61 Å². The number of hydrogen-bond donors (Lipinski definition) is 1. The zero-order valence-corrected chi connectivity index (χ0v) is 12.8. The van der Waals surface area contributed by atoms with Gasteiger partial charge in [-0.15, -0.1) is 0 Å². The highest BCUT2D eigenvalue weighted by Crippen LogP contribution is 2.22. The van der Waals surface area contributed by atoms with E-state index in [-0.39, 0.29) is 0 Å². The van der Waals surface area contributed by atoms with E-state index >= 15 is 0 Å². The number of rotatable bonds is 9. The summed E-state index contributed by atoms with van der Waals surface area (Å²) in [5, 5.41) is 3.90. The summed E-state index contributed by atoms with van der Waals surface area (Å²) in [7, 11) is 4.09. The molecule has 0 aliphatic heterocycles. The van der Waals surface area contributed by atoms with Crippen molar-refractivity contribution in [2.45, 2.75) is 26.3 Å². The monoisotopic (exact) mass is 285 g/mol. The van der Waals surface area contributed by atoms with Gasteiger partial charge in [0.15, 0.2) is 0 Å². The van der Waals surface area contributed by atoms with Crippen LogP contribution in [0.4, 0.5) is 0 Å². The molecule has 0 saturated carbocycles. The minimum Gasteiger partial charge on any atom is -0.477 e. The van der Waals surface area contributed by atoms with Gasteiger partial charge in [-0.25, -0.2) is 4.98 Å². The standard InChI is InChI=1S/C14H24ClN3O/c1-4-6-16-10-12-9-13(15)14(17-11-12)19-8-5-7-18(2)3/h9,11,16H,4-8,10H2,1-3H3. The number of aromatic nitrogens is 1. The Bertz CT molecular complexity index is 372. The van der Waals surface area contributed by atoms with E-state index in [1.165, 1.54) is 0 Å². The molecule has 108 valence electrons. The van der Waals surface area contributed by atoms with Crippen LogP contribution in [-0.4, -0.2) is 43.7 Å². The van der Waals surface area contributed by atoms with Gasteiger partial charge < -0.3 is 15.0 Å². The molecule has 0 aromatic carbocycles. The second-order valence-electron chi connectivity index (χ2n) is 4.81. The fourth-order valence-electron chi connectivity index (χ4n) is 1.63. The molecule has 1 N–H and O–H groups in total. The Morgan fingerprint density at radius 3 is 2.84 bits per heavy atom. The summed E-state index contributed by atoms with van der Waals surface area (Å²) >= 11 is 6.16. The average molecular weight is 286 g/mol. The zero-order valence-electron chi connectivity index (χ0n) is 12.1. The van der Waals surface area contributed by atoms with Crippen molar-refractivity contribution in [1.82, 2.24) is 15.2 Å². The van der Waals surface area contributed by atoms with Crippen LogP contribution in [0.15, 0.2) is 12.3 Å². The smallest absolute Gasteiger partial charge is 0.232 e. The maximum atomic E-state index is 6.16. The Morgan fingerprint density at radius 1 is 1.42 bits per heavy atom. The highest BCUT2D eigenvalue weighted by atomic mass is 35.5. The van der Waals surface area contributed by atoms with Crippen molar-refractivity contribution in [1.29, 1.82) is 0 Å². The third kappa shape index (κ3) is 6.76. The normalized spacial score (nSPS) is 11.0. The van der Waals surface area contributed by atoms with Crippen LogP contribution in [0, 0.1) is 0 Å². The van der Waals surface area contributed by atoms with Gasteiger partial charge in [-0.05, 0) is 45.1 Å². The summed E-state index contributed by atoms with van der Waals surface area (Å²) in [6, 6.07) is 1.92. The summed E-state index contributed by atoms with van der Waals surface area (Å²) in [6.07, 6.45) is 3.90. The summed E-state index contributed by atoms with van der Waals surface area (Å²) in [5.74, 6) is 0.527. The molecule has 4 nitrogen and oxygen atoms in total. The Labute approximate surface area is 121 Å². The molecule has 0 radical (unpaired) electrons. The van der Waals surface area contributed by atoms with Gasteiger partial charge in [-0.3, -0.25) is 0 Å². The fourth-order valence-corrected chi connectivity index (χ4v) is 1.87. The molecular formula is C14H24ClN3O. The molecule has 0 atom stereocenters. The van der Waals surface area contributed by atoms with Crippen LogP contribution in [0.2, 0.25) is 5.02 Å². The van der Waals surface area contributed by atoms with E-state index in [0.29, 0.717) is 17.5 Å². The number of nitrogens with one attached hydrogen (secondary N) is 1. The van der Waals surface area contributed by atoms with Crippen LogP contribution in [-0.2, 0) is 6.54 Å². The Morgan fingerprint density at radius 2 is 2.21 bits per heavy atom. The number of nitrogens with zero attached hydrogens (tertiary/aromatic N) is 2. The van der Waals surface area contributed by atoms with Crippen LogP contribution in [0.5, 0.6) is 5.88 Å². The molecule has 0 spiro atoms. The molecule has 0 fully saturated rings. The minimum atomic E-state index is 0.527. The van der Waals surface area contributed by atoms with Gasteiger partial charge >= 0.3 is 0 Å². The Balaban J connectivity index is 2.39. The summed E-state index contributed by atoms with van der Waals surface area (Å²) < 4.78 is 5.58. The van der Waals surface area contributed by atoms with Gasteiger partial charge in [0.1, 0.15) is 5.02 Å². The lowest BCUT2D eigenvalue weighted by atomic mass is 10.3. The van der Waals surface area contributed by atoms with Gasteiger partial charge in [0, 0.05) is 19.3 Å². The lowest BCUT2D eigenvalue weighted by Crippen LogP contribution is -2.16. The largest absolute Gasteiger partial charge is 0.477 e. The van der Waals surface area contributed by atoms with Crippen molar-refractivity contribution >= 4 is 11.6 Å². The molecular weight excluding hydrogens is 262 g/mol. The summed E-state index contributed by atoms with van der Waals surface area (Å²) in [6.45, 7) is 5.57. The summed E-state index contributed by atoms with van der Waals surface area (Å²) in [5.41, 5.74) is 1.08. The maximum absolute atomic E-state index is 6.16.